The zero-order valence-electron chi connectivity index (χ0n) is 13.8. The van der Waals surface area contributed by atoms with Crippen LogP contribution in [0.3, 0.4) is 0 Å². The van der Waals surface area contributed by atoms with Crippen molar-refractivity contribution in [1.29, 1.82) is 0 Å². The van der Waals surface area contributed by atoms with E-state index in [1.807, 2.05) is 23.5 Å². The first-order valence-electron chi connectivity index (χ1n) is 9.01. The van der Waals surface area contributed by atoms with Crippen LogP contribution in [0.1, 0.15) is 35.7 Å². The maximum atomic E-state index is 13.3. The first kappa shape index (κ1) is 15.1. The fraction of sp³-hybridized carbons (Fsp3) is 0.500. The molecule has 5 rings (SSSR count). The SMILES string of the molecule is Fc1ccc([C@@H]2C[C@H]3CN(Cc4cccs4)C[C@@]34CCCN24)cc1. The van der Waals surface area contributed by atoms with Crippen LogP contribution in [0, 0.1) is 11.7 Å². The van der Waals surface area contributed by atoms with E-state index in [0.717, 1.165) is 12.5 Å². The number of nitrogens with zero attached hydrogens (tertiary/aromatic N) is 2. The summed E-state index contributed by atoms with van der Waals surface area (Å²) >= 11 is 1.87. The molecule has 0 radical (unpaired) electrons. The molecule has 0 aliphatic carbocycles. The molecule has 3 saturated heterocycles. The van der Waals surface area contributed by atoms with E-state index in [4.69, 9.17) is 0 Å². The normalized spacial score (nSPS) is 33.0. The lowest BCUT2D eigenvalue weighted by Gasteiger charge is -2.35. The van der Waals surface area contributed by atoms with Gasteiger partial charge in [-0.25, -0.2) is 4.39 Å². The molecule has 3 atom stereocenters. The standard InChI is InChI=1S/C20H23FN2S/c21-17-6-4-15(5-7-17)19-11-16-12-22(13-18-3-1-10-24-18)14-20(16)8-2-9-23(19)20/h1,3-7,10,16,19H,2,8-9,11-14H2/t16-,19-,20-/m0/s1. The van der Waals surface area contributed by atoms with E-state index in [1.165, 1.54) is 49.3 Å². The third kappa shape index (κ3) is 2.27. The molecule has 3 aliphatic rings. The Bertz CT molecular complexity index is 714. The molecule has 0 bridgehead atoms. The number of thiophene rings is 1. The molecule has 1 aromatic heterocycles. The lowest BCUT2D eigenvalue weighted by atomic mass is 9.86. The molecule has 0 N–H and O–H groups in total. The van der Waals surface area contributed by atoms with Gasteiger partial charge in [-0.05, 0) is 60.9 Å². The Morgan fingerprint density at radius 3 is 2.88 bits per heavy atom. The quantitative estimate of drug-likeness (QED) is 0.821. The highest BCUT2D eigenvalue weighted by Crippen LogP contribution is 2.55. The van der Waals surface area contributed by atoms with Crippen LogP contribution in [-0.4, -0.2) is 35.0 Å². The van der Waals surface area contributed by atoms with Gasteiger partial charge in [-0.2, -0.15) is 0 Å². The second kappa shape index (κ2) is 5.65. The molecule has 2 nitrogen and oxygen atoms in total. The summed E-state index contributed by atoms with van der Waals surface area (Å²) in [7, 11) is 0. The largest absolute Gasteiger partial charge is 0.296 e. The van der Waals surface area contributed by atoms with Crippen LogP contribution >= 0.6 is 11.3 Å². The summed E-state index contributed by atoms with van der Waals surface area (Å²) in [6, 6.07) is 12.1. The van der Waals surface area contributed by atoms with E-state index in [2.05, 4.69) is 27.3 Å². The lowest BCUT2D eigenvalue weighted by molar-refractivity contribution is 0.131. The van der Waals surface area contributed by atoms with Crippen molar-refractivity contribution in [2.24, 2.45) is 5.92 Å². The van der Waals surface area contributed by atoms with Crippen LogP contribution in [0.5, 0.6) is 0 Å². The number of likely N-dealkylation sites (tertiary alicyclic amines) is 1. The molecule has 3 fully saturated rings. The van der Waals surface area contributed by atoms with Crippen molar-refractivity contribution >= 4 is 11.3 Å². The Morgan fingerprint density at radius 1 is 1.21 bits per heavy atom. The van der Waals surface area contributed by atoms with Gasteiger partial charge in [-0.3, -0.25) is 9.80 Å². The second-order valence-corrected chi connectivity index (χ2v) is 8.68. The summed E-state index contributed by atoms with van der Waals surface area (Å²) < 4.78 is 13.3. The van der Waals surface area contributed by atoms with Crippen LogP contribution < -0.4 is 0 Å². The zero-order valence-corrected chi connectivity index (χ0v) is 14.6. The second-order valence-electron chi connectivity index (χ2n) is 7.65. The Morgan fingerprint density at radius 2 is 2.08 bits per heavy atom. The van der Waals surface area contributed by atoms with Gasteiger partial charge in [-0.15, -0.1) is 11.3 Å². The topological polar surface area (TPSA) is 6.48 Å². The molecule has 0 saturated carbocycles. The van der Waals surface area contributed by atoms with Gasteiger partial charge in [0.1, 0.15) is 5.82 Å². The van der Waals surface area contributed by atoms with Crippen molar-refractivity contribution in [3.05, 3.63) is 58.0 Å². The van der Waals surface area contributed by atoms with Crippen molar-refractivity contribution in [2.45, 2.75) is 37.4 Å². The first-order chi connectivity index (χ1) is 11.7. The first-order valence-corrected chi connectivity index (χ1v) is 9.89. The highest BCUT2D eigenvalue weighted by Gasteiger charge is 2.59. The highest BCUT2D eigenvalue weighted by molar-refractivity contribution is 7.09. The molecule has 4 heteroatoms. The molecule has 1 aromatic carbocycles. The Hall–Kier alpha value is -1.23. The summed E-state index contributed by atoms with van der Waals surface area (Å²) in [6.45, 7) is 4.72. The fourth-order valence-corrected chi connectivity index (χ4v) is 6.24. The minimum Gasteiger partial charge on any atom is -0.296 e. The molecule has 4 heterocycles. The third-order valence-corrected chi connectivity index (χ3v) is 7.28. The summed E-state index contributed by atoms with van der Waals surface area (Å²) in [6.07, 6.45) is 3.86. The van der Waals surface area contributed by atoms with Gasteiger partial charge in [0.15, 0.2) is 0 Å². The number of benzene rings is 1. The lowest BCUT2D eigenvalue weighted by Crippen LogP contribution is -2.45. The van der Waals surface area contributed by atoms with Crippen molar-refractivity contribution in [2.75, 3.05) is 19.6 Å². The van der Waals surface area contributed by atoms with Crippen LogP contribution in [0.4, 0.5) is 4.39 Å². The summed E-state index contributed by atoms with van der Waals surface area (Å²) in [4.78, 5) is 6.90. The van der Waals surface area contributed by atoms with Crippen LogP contribution in [0.15, 0.2) is 41.8 Å². The molecule has 126 valence electrons. The molecular formula is C20H23FN2S. The van der Waals surface area contributed by atoms with E-state index in [9.17, 15) is 4.39 Å². The van der Waals surface area contributed by atoms with E-state index >= 15 is 0 Å². The predicted molar refractivity (Wildman–Crippen MR) is 95.5 cm³/mol. The predicted octanol–water partition coefficient (Wildman–Crippen LogP) is 4.30. The van der Waals surface area contributed by atoms with Crippen molar-refractivity contribution in [3.8, 4) is 0 Å². The van der Waals surface area contributed by atoms with Gasteiger partial charge < -0.3 is 0 Å². The van der Waals surface area contributed by atoms with E-state index in [-0.39, 0.29) is 5.82 Å². The monoisotopic (exact) mass is 342 g/mol. The third-order valence-electron chi connectivity index (χ3n) is 6.41. The maximum Gasteiger partial charge on any atom is 0.123 e. The zero-order chi connectivity index (χ0) is 16.1. The van der Waals surface area contributed by atoms with E-state index in [1.54, 1.807) is 12.1 Å². The Kier molecular flexibility index (Phi) is 3.55. The average Bonchev–Trinajstić information content (AvgIpc) is 3.31. The molecule has 1 spiro atoms. The Balaban J connectivity index is 1.38. The minimum absolute atomic E-state index is 0.129. The highest BCUT2D eigenvalue weighted by atomic mass is 32.1. The maximum absolute atomic E-state index is 13.3. The average molecular weight is 342 g/mol. The summed E-state index contributed by atoms with van der Waals surface area (Å²) in [5, 5.41) is 2.18. The van der Waals surface area contributed by atoms with Gasteiger partial charge in [0.05, 0.1) is 0 Å². The smallest absolute Gasteiger partial charge is 0.123 e. The van der Waals surface area contributed by atoms with Gasteiger partial charge >= 0.3 is 0 Å². The minimum atomic E-state index is -0.129. The number of hydrogen-bond donors (Lipinski definition) is 0. The number of halogens is 1. The molecule has 3 aliphatic heterocycles. The van der Waals surface area contributed by atoms with Gasteiger partial charge in [0.25, 0.3) is 0 Å². The van der Waals surface area contributed by atoms with Crippen molar-refractivity contribution in [3.63, 3.8) is 0 Å². The number of rotatable bonds is 3. The van der Waals surface area contributed by atoms with Gasteiger partial charge in [-0.1, -0.05) is 18.2 Å². The van der Waals surface area contributed by atoms with Crippen LogP contribution in [0.2, 0.25) is 0 Å². The van der Waals surface area contributed by atoms with Crippen LogP contribution in [-0.2, 0) is 6.54 Å². The van der Waals surface area contributed by atoms with Crippen molar-refractivity contribution < 1.29 is 4.39 Å². The summed E-state index contributed by atoms with van der Waals surface area (Å²) in [5.74, 6) is 0.630. The number of hydrogen-bond acceptors (Lipinski definition) is 3. The fourth-order valence-electron chi connectivity index (χ4n) is 5.49. The molecule has 0 unspecified atom stereocenters. The van der Waals surface area contributed by atoms with Crippen LogP contribution in [0.25, 0.3) is 0 Å². The van der Waals surface area contributed by atoms with Gasteiger partial charge in [0, 0.05) is 36.1 Å². The molecule has 2 aromatic rings. The summed E-state index contributed by atoms with van der Waals surface area (Å²) in [5.41, 5.74) is 1.67. The van der Waals surface area contributed by atoms with E-state index < -0.39 is 0 Å². The molecule has 0 amide bonds. The van der Waals surface area contributed by atoms with Gasteiger partial charge in [0.2, 0.25) is 0 Å². The molecule has 24 heavy (non-hydrogen) atoms. The van der Waals surface area contributed by atoms with E-state index in [0.29, 0.717) is 11.6 Å². The molecular weight excluding hydrogens is 319 g/mol. The Labute approximate surface area is 146 Å². The van der Waals surface area contributed by atoms with Crippen molar-refractivity contribution in [1.82, 2.24) is 9.80 Å².